The standard InChI is InChI=1S/C17H19Br2NS/c1-12(2)10-20-11-13-7-8-17(15(19)9-13)21-16-6-4-3-5-14(16)18/h3-9,12,20H,10-11H2,1-2H3. The van der Waals surface area contributed by atoms with E-state index in [0.29, 0.717) is 5.92 Å². The van der Waals surface area contributed by atoms with Gasteiger partial charge in [0.05, 0.1) is 0 Å². The van der Waals surface area contributed by atoms with Gasteiger partial charge in [0.2, 0.25) is 0 Å². The minimum Gasteiger partial charge on any atom is -0.312 e. The molecule has 2 aromatic carbocycles. The van der Waals surface area contributed by atoms with Gasteiger partial charge in [-0.1, -0.05) is 43.8 Å². The maximum absolute atomic E-state index is 3.69. The maximum Gasteiger partial charge on any atom is 0.0318 e. The summed E-state index contributed by atoms with van der Waals surface area (Å²) in [4.78, 5) is 2.46. The number of nitrogens with one attached hydrogen (secondary N) is 1. The van der Waals surface area contributed by atoms with Crippen molar-refractivity contribution in [2.75, 3.05) is 6.54 Å². The van der Waals surface area contributed by atoms with Gasteiger partial charge in [0.15, 0.2) is 0 Å². The highest BCUT2D eigenvalue weighted by Crippen LogP contribution is 2.37. The van der Waals surface area contributed by atoms with Gasteiger partial charge in [0, 0.05) is 25.3 Å². The summed E-state index contributed by atoms with van der Waals surface area (Å²) < 4.78 is 2.27. The molecule has 0 aliphatic rings. The summed E-state index contributed by atoms with van der Waals surface area (Å²) in [6, 6.07) is 14.9. The van der Waals surface area contributed by atoms with Gasteiger partial charge in [-0.2, -0.15) is 0 Å². The molecular weight excluding hydrogens is 410 g/mol. The van der Waals surface area contributed by atoms with E-state index in [1.165, 1.54) is 15.4 Å². The average Bonchev–Trinajstić information content (AvgIpc) is 2.43. The van der Waals surface area contributed by atoms with Crippen LogP contribution in [0.4, 0.5) is 0 Å². The van der Waals surface area contributed by atoms with Gasteiger partial charge in [-0.05, 0) is 74.2 Å². The smallest absolute Gasteiger partial charge is 0.0318 e. The molecule has 0 radical (unpaired) electrons. The second kappa shape index (κ2) is 8.37. The fourth-order valence-electron chi connectivity index (χ4n) is 1.89. The van der Waals surface area contributed by atoms with E-state index < -0.39 is 0 Å². The Bertz CT molecular complexity index is 599. The maximum atomic E-state index is 3.69. The van der Waals surface area contributed by atoms with Crippen LogP contribution in [0.1, 0.15) is 19.4 Å². The van der Waals surface area contributed by atoms with E-state index in [-0.39, 0.29) is 0 Å². The average molecular weight is 429 g/mol. The molecule has 0 unspecified atom stereocenters. The molecule has 0 aliphatic carbocycles. The minimum atomic E-state index is 0.679. The zero-order valence-electron chi connectivity index (χ0n) is 12.2. The lowest BCUT2D eigenvalue weighted by molar-refractivity contribution is 0.552. The van der Waals surface area contributed by atoms with Crippen LogP contribution in [0.2, 0.25) is 0 Å². The third-order valence-electron chi connectivity index (χ3n) is 2.93. The van der Waals surface area contributed by atoms with Crippen LogP contribution in [-0.4, -0.2) is 6.54 Å². The molecule has 4 heteroatoms. The van der Waals surface area contributed by atoms with Crippen molar-refractivity contribution in [3.05, 3.63) is 57.0 Å². The van der Waals surface area contributed by atoms with E-state index >= 15 is 0 Å². The highest BCUT2D eigenvalue weighted by Gasteiger charge is 2.06. The molecule has 0 aliphatic heterocycles. The van der Waals surface area contributed by atoms with E-state index in [1.54, 1.807) is 11.8 Å². The van der Waals surface area contributed by atoms with Crippen LogP contribution in [0.5, 0.6) is 0 Å². The van der Waals surface area contributed by atoms with Crippen molar-refractivity contribution in [1.82, 2.24) is 5.32 Å². The highest BCUT2D eigenvalue weighted by atomic mass is 79.9. The van der Waals surface area contributed by atoms with Crippen LogP contribution in [-0.2, 0) is 6.54 Å². The molecule has 112 valence electrons. The number of rotatable bonds is 6. The Balaban J connectivity index is 2.04. The molecule has 0 bridgehead atoms. The summed E-state index contributed by atoms with van der Waals surface area (Å²) in [5.74, 6) is 0.679. The molecule has 0 atom stereocenters. The first-order valence-electron chi connectivity index (χ1n) is 6.98. The largest absolute Gasteiger partial charge is 0.312 e. The summed E-state index contributed by atoms with van der Waals surface area (Å²) in [7, 11) is 0. The minimum absolute atomic E-state index is 0.679. The summed E-state index contributed by atoms with van der Waals surface area (Å²) in [5.41, 5.74) is 1.30. The molecule has 0 amide bonds. The Kier molecular flexibility index (Phi) is 6.80. The first kappa shape index (κ1) is 17.1. The topological polar surface area (TPSA) is 12.0 Å². The Hall–Kier alpha value is -0.290. The normalized spacial score (nSPS) is 11.1. The number of hydrogen-bond acceptors (Lipinski definition) is 2. The van der Waals surface area contributed by atoms with Crippen molar-refractivity contribution in [3.8, 4) is 0 Å². The van der Waals surface area contributed by atoms with Gasteiger partial charge in [-0.25, -0.2) is 0 Å². The zero-order valence-corrected chi connectivity index (χ0v) is 16.2. The predicted molar refractivity (Wildman–Crippen MR) is 99.0 cm³/mol. The number of hydrogen-bond donors (Lipinski definition) is 1. The van der Waals surface area contributed by atoms with Gasteiger partial charge in [-0.3, -0.25) is 0 Å². The van der Waals surface area contributed by atoms with E-state index in [4.69, 9.17) is 0 Å². The first-order chi connectivity index (χ1) is 10.1. The van der Waals surface area contributed by atoms with E-state index in [1.807, 2.05) is 6.07 Å². The van der Waals surface area contributed by atoms with Gasteiger partial charge in [-0.15, -0.1) is 0 Å². The van der Waals surface area contributed by atoms with Crippen LogP contribution in [0, 0.1) is 5.92 Å². The molecule has 2 rings (SSSR count). The quantitative estimate of drug-likeness (QED) is 0.595. The van der Waals surface area contributed by atoms with Crippen molar-refractivity contribution in [3.63, 3.8) is 0 Å². The Morgan fingerprint density at radius 3 is 2.38 bits per heavy atom. The number of halogens is 2. The van der Waals surface area contributed by atoms with Crippen molar-refractivity contribution in [1.29, 1.82) is 0 Å². The van der Waals surface area contributed by atoms with Crippen LogP contribution in [0.15, 0.2) is 61.2 Å². The molecule has 0 saturated heterocycles. The Labute approximate surface area is 148 Å². The van der Waals surface area contributed by atoms with Crippen molar-refractivity contribution < 1.29 is 0 Å². The van der Waals surface area contributed by atoms with Crippen LogP contribution in [0.3, 0.4) is 0 Å². The Morgan fingerprint density at radius 2 is 1.71 bits per heavy atom. The Morgan fingerprint density at radius 1 is 1.00 bits per heavy atom. The second-order valence-electron chi connectivity index (χ2n) is 5.32. The highest BCUT2D eigenvalue weighted by molar-refractivity contribution is 9.11. The summed E-state index contributed by atoms with van der Waals surface area (Å²) in [6.45, 7) is 6.41. The van der Waals surface area contributed by atoms with E-state index in [9.17, 15) is 0 Å². The molecule has 0 heterocycles. The van der Waals surface area contributed by atoms with Gasteiger partial charge < -0.3 is 5.32 Å². The molecule has 0 aromatic heterocycles. The van der Waals surface area contributed by atoms with Crippen LogP contribution >= 0.6 is 43.6 Å². The monoisotopic (exact) mass is 427 g/mol. The number of benzene rings is 2. The second-order valence-corrected chi connectivity index (χ2v) is 8.11. The van der Waals surface area contributed by atoms with E-state index in [0.717, 1.165) is 22.0 Å². The lowest BCUT2D eigenvalue weighted by atomic mass is 10.2. The molecular formula is C17H19Br2NS. The van der Waals surface area contributed by atoms with Crippen molar-refractivity contribution in [2.24, 2.45) is 5.92 Å². The van der Waals surface area contributed by atoms with Gasteiger partial charge in [0.25, 0.3) is 0 Å². The van der Waals surface area contributed by atoms with Crippen molar-refractivity contribution in [2.45, 2.75) is 30.2 Å². The molecule has 21 heavy (non-hydrogen) atoms. The lowest BCUT2D eigenvalue weighted by Gasteiger charge is -2.10. The third-order valence-corrected chi connectivity index (χ3v) is 5.96. The lowest BCUT2D eigenvalue weighted by Crippen LogP contribution is -2.18. The first-order valence-corrected chi connectivity index (χ1v) is 9.38. The SMILES string of the molecule is CC(C)CNCc1ccc(Sc2ccccc2Br)c(Br)c1. The molecule has 1 N–H and O–H groups in total. The molecule has 0 saturated carbocycles. The van der Waals surface area contributed by atoms with E-state index in [2.05, 4.69) is 87.4 Å². The molecule has 0 spiro atoms. The molecule has 0 fully saturated rings. The fourth-order valence-corrected chi connectivity index (χ4v) is 3.93. The van der Waals surface area contributed by atoms with Crippen molar-refractivity contribution >= 4 is 43.6 Å². The van der Waals surface area contributed by atoms with Crippen LogP contribution in [0.25, 0.3) is 0 Å². The zero-order chi connectivity index (χ0) is 15.2. The van der Waals surface area contributed by atoms with Crippen LogP contribution < -0.4 is 5.32 Å². The van der Waals surface area contributed by atoms with Gasteiger partial charge >= 0.3 is 0 Å². The fraction of sp³-hybridized carbons (Fsp3) is 0.294. The summed E-state index contributed by atoms with van der Waals surface area (Å²) >= 11 is 9.04. The molecule has 2 aromatic rings. The summed E-state index contributed by atoms with van der Waals surface area (Å²) in [6.07, 6.45) is 0. The molecule has 1 nitrogen and oxygen atoms in total. The van der Waals surface area contributed by atoms with Gasteiger partial charge in [0.1, 0.15) is 0 Å². The predicted octanol–water partition coefficient (Wildman–Crippen LogP) is 6.11. The third kappa shape index (κ3) is 5.44. The summed E-state index contributed by atoms with van der Waals surface area (Å²) in [5, 5.41) is 3.47.